The zero-order valence-corrected chi connectivity index (χ0v) is 10.3. The average molecular weight is 236 g/mol. The first-order chi connectivity index (χ1) is 7.76. The molecule has 0 aliphatic carbocycles. The van der Waals surface area contributed by atoms with Crippen molar-refractivity contribution >= 4 is 35.4 Å². The molecule has 0 aliphatic rings. The maximum Gasteiger partial charge on any atom is 0.188 e. The second kappa shape index (κ2) is 4.91. The van der Waals surface area contributed by atoms with Crippen molar-refractivity contribution in [3.8, 4) is 0 Å². The molecule has 0 unspecified atom stereocenters. The van der Waals surface area contributed by atoms with Crippen LogP contribution < -0.4 is 5.46 Å². The minimum Gasteiger partial charge on any atom is -0.176 e. The van der Waals surface area contributed by atoms with Crippen LogP contribution in [0.4, 0.5) is 3.89 Å². The molecule has 5 heteroatoms. The van der Waals surface area contributed by atoms with Crippen molar-refractivity contribution in [1.29, 1.82) is 0 Å². The lowest BCUT2D eigenvalue weighted by molar-refractivity contribution is 0.888. The van der Waals surface area contributed by atoms with Gasteiger partial charge in [-0.05, 0) is 6.07 Å². The van der Waals surface area contributed by atoms with Gasteiger partial charge in [0, 0.05) is 5.39 Å². The predicted octanol–water partition coefficient (Wildman–Crippen LogP) is 3.16. The molecule has 0 atom stereocenters. The molecule has 0 radical (unpaired) electrons. The lowest BCUT2D eigenvalue weighted by atomic mass is 9.44. The summed E-state index contributed by atoms with van der Waals surface area (Å²) in [6, 6.07) is 6.11. The molecule has 0 bridgehead atoms. The first kappa shape index (κ1) is 11.5. The van der Waals surface area contributed by atoms with Crippen LogP contribution in [0.5, 0.6) is 0 Å². The third-order valence-corrected chi connectivity index (χ3v) is 3.34. The molecule has 84 valence electrons. The van der Waals surface area contributed by atoms with E-state index in [0.29, 0.717) is 6.71 Å². The quantitative estimate of drug-likeness (QED) is 0.759. The zero-order valence-electron chi connectivity index (χ0n) is 9.48. The summed E-state index contributed by atoms with van der Waals surface area (Å²) < 4.78 is 13.8. The minimum absolute atomic E-state index is 0.135. The number of halogens is 1. The van der Waals surface area contributed by atoms with Gasteiger partial charge in [-0.2, -0.15) is 9.19 Å². The van der Waals surface area contributed by atoms with Gasteiger partial charge in [0.05, 0.1) is 11.7 Å². The summed E-state index contributed by atoms with van der Waals surface area (Å²) in [5, 5.41) is 4.97. The van der Waals surface area contributed by atoms with Crippen LogP contribution in [0.1, 0.15) is 13.3 Å². The Balaban J connectivity index is 2.37. The van der Waals surface area contributed by atoms with E-state index in [-0.39, 0.29) is 12.3 Å². The van der Waals surface area contributed by atoms with Gasteiger partial charge in [0.25, 0.3) is 0 Å². The van der Waals surface area contributed by atoms with Gasteiger partial charge in [0.2, 0.25) is 0 Å². The van der Waals surface area contributed by atoms with Crippen LogP contribution in [0.3, 0.4) is 0 Å². The molecule has 0 saturated carbocycles. The summed E-state index contributed by atoms with van der Waals surface area (Å²) >= 11 is 0.135. The Morgan fingerprint density at radius 1 is 1.50 bits per heavy atom. The maximum atomic E-state index is 12.5. The predicted molar refractivity (Wildman–Crippen MR) is 70.2 cm³/mol. The van der Waals surface area contributed by atoms with Gasteiger partial charge < -0.3 is 0 Å². The second-order valence-corrected chi connectivity index (χ2v) is 4.58. The minimum atomic E-state index is 0.135. The van der Waals surface area contributed by atoms with Crippen molar-refractivity contribution in [2.45, 2.75) is 26.5 Å². The van der Waals surface area contributed by atoms with E-state index < -0.39 is 0 Å². The standard InChI is InChI=1S/C11H14BFN2S/c1-3-6-12(2)10-4-5-11-9(7-10)8-14-15(11)16-13/h4-5,7-8H,3,6H2,1-2H3. The smallest absolute Gasteiger partial charge is 0.176 e. The van der Waals surface area contributed by atoms with Crippen molar-refractivity contribution in [2.75, 3.05) is 0 Å². The fourth-order valence-corrected chi connectivity index (χ4v) is 2.31. The van der Waals surface area contributed by atoms with Crippen LogP contribution in [0, 0.1) is 0 Å². The Hall–Kier alpha value is -0.965. The third kappa shape index (κ3) is 2.09. The first-order valence-electron chi connectivity index (χ1n) is 5.53. The Bertz CT molecular complexity index is 486. The Morgan fingerprint density at radius 3 is 3.00 bits per heavy atom. The van der Waals surface area contributed by atoms with Crippen molar-refractivity contribution in [2.24, 2.45) is 0 Å². The number of fused-ring (bicyclic) bond motifs is 1. The van der Waals surface area contributed by atoms with E-state index in [4.69, 9.17) is 0 Å². The lowest BCUT2D eigenvalue weighted by Gasteiger charge is -2.06. The Labute approximate surface area is 99.7 Å². The second-order valence-electron chi connectivity index (χ2n) is 4.09. The molecule has 0 fully saturated rings. The monoisotopic (exact) mass is 236 g/mol. The van der Waals surface area contributed by atoms with Gasteiger partial charge >= 0.3 is 0 Å². The molecule has 0 N–H and O–H groups in total. The van der Waals surface area contributed by atoms with Crippen LogP contribution in [-0.2, 0) is 0 Å². The maximum absolute atomic E-state index is 12.5. The summed E-state index contributed by atoms with van der Waals surface area (Å²) in [6.07, 6.45) is 4.07. The number of rotatable bonds is 4. The normalized spacial score (nSPS) is 10.9. The zero-order chi connectivity index (χ0) is 11.5. The van der Waals surface area contributed by atoms with Crippen LogP contribution in [0.25, 0.3) is 10.9 Å². The van der Waals surface area contributed by atoms with Gasteiger partial charge in [0.1, 0.15) is 0 Å². The van der Waals surface area contributed by atoms with Crippen molar-refractivity contribution in [3.63, 3.8) is 0 Å². The Kier molecular flexibility index (Phi) is 3.54. The molecule has 0 saturated heterocycles. The highest BCUT2D eigenvalue weighted by molar-refractivity contribution is 7.92. The fourth-order valence-electron chi connectivity index (χ4n) is 1.99. The van der Waals surface area contributed by atoms with E-state index in [1.165, 1.54) is 22.3 Å². The topological polar surface area (TPSA) is 17.8 Å². The molecule has 1 heterocycles. The number of hydrogen-bond donors (Lipinski definition) is 0. The summed E-state index contributed by atoms with van der Waals surface area (Å²) in [5.74, 6) is 0. The number of benzene rings is 1. The highest BCUT2D eigenvalue weighted by Gasteiger charge is 2.11. The van der Waals surface area contributed by atoms with E-state index in [9.17, 15) is 3.89 Å². The van der Waals surface area contributed by atoms with Gasteiger partial charge in [-0.3, -0.25) is 0 Å². The third-order valence-electron chi connectivity index (χ3n) is 2.92. The van der Waals surface area contributed by atoms with Gasteiger partial charge in [-0.25, -0.2) is 0 Å². The van der Waals surface area contributed by atoms with Crippen molar-refractivity contribution in [3.05, 3.63) is 24.4 Å². The van der Waals surface area contributed by atoms with E-state index in [2.05, 4.69) is 31.0 Å². The molecule has 0 amide bonds. The van der Waals surface area contributed by atoms with Crippen molar-refractivity contribution < 1.29 is 3.89 Å². The summed E-state index contributed by atoms with van der Waals surface area (Å²) in [7, 11) is 0. The SMILES string of the molecule is CCCB(C)c1ccc2c(cnn2SF)c1. The molecular weight excluding hydrogens is 222 g/mol. The van der Waals surface area contributed by atoms with Crippen LogP contribution >= 0.6 is 12.3 Å². The van der Waals surface area contributed by atoms with E-state index in [1.807, 2.05) is 6.07 Å². The summed E-state index contributed by atoms with van der Waals surface area (Å²) in [4.78, 5) is 0. The molecule has 2 aromatic rings. The van der Waals surface area contributed by atoms with Crippen molar-refractivity contribution in [1.82, 2.24) is 9.19 Å². The van der Waals surface area contributed by atoms with E-state index in [0.717, 1.165) is 10.9 Å². The summed E-state index contributed by atoms with van der Waals surface area (Å²) in [5.41, 5.74) is 2.14. The van der Waals surface area contributed by atoms with Gasteiger partial charge in [-0.15, -0.1) is 3.89 Å². The molecule has 0 aliphatic heterocycles. The highest BCUT2D eigenvalue weighted by Crippen LogP contribution is 2.18. The molecule has 16 heavy (non-hydrogen) atoms. The number of nitrogens with zero attached hydrogens (tertiary/aromatic N) is 2. The Morgan fingerprint density at radius 2 is 2.31 bits per heavy atom. The highest BCUT2D eigenvalue weighted by atomic mass is 32.2. The fraction of sp³-hybridized carbons (Fsp3) is 0.364. The lowest BCUT2D eigenvalue weighted by Crippen LogP contribution is -2.25. The van der Waals surface area contributed by atoms with Crippen LogP contribution in [-0.4, -0.2) is 15.9 Å². The van der Waals surface area contributed by atoms with Crippen LogP contribution in [0.15, 0.2) is 24.4 Å². The summed E-state index contributed by atoms with van der Waals surface area (Å²) in [6.45, 7) is 4.96. The van der Waals surface area contributed by atoms with E-state index in [1.54, 1.807) is 6.20 Å². The van der Waals surface area contributed by atoms with Gasteiger partial charge in [0.15, 0.2) is 19.0 Å². The largest absolute Gasteiger partial charge is 0.188 e. The number of hydrogen-bond acceptors (Lipinski definition) is 2. The molecule has 2 nitrogen and oxygen atoms in total. The van der Waals surface area contributed by atoms with Crippen LogP contribution in [0.2, 0.25) is 13.1 Å². The molecule has 0 spiro atoms. The van der Waals surface area contributed by atoms with Gasteiger partial charge in [-0.1, -0.05) is 44.1 Å². The molecular formula is C11H14BFN2S. The van der Waals surface area contributed by atoms with E-state index >= 15 is 0 Å². The first-order valence-corrected chi connectivity index (χ1v) is 6.20. The molecule has 2 rings (SSSR count). The number of aromatic nitrogens is 2. The molecule has 1 aromatic carbocycles. The molecule has 1 aromatic heterocycles. The average Bonchev–Trinajstić information content (AvgIpc) is 2.71.